The third-order valence-corrected chi connectivity index (χ3v) is 3.81. The molecule has 0 bridgehead atoms. The summed E-state index contributed by atoms with van der Waals surface area (Å²) in [4.78, 5) is 10.9. The number of carbonyl (C=O) groups is 1. The summed E-state index contributed by atoms with van der Waals surface area (Å²) in [5.41, 5.74) is 8.17. The van der Waals surface area contributed by atoms with E-state index in [4.69, 9.17) is 10.5 Å². The van der Waals surface area contributed by atoms with Gasteiger partial charge >= 0.3 is 0 Å². The summed E-state index contributed by atoms with van der Waals surface area (Å²) in [6.45, 7) is 2.20. The second-order valence-corrected chi connectivity index (χ2v) is 6.17. The predicted octanol–water partition coefficient (Wildman–Crippen LogP) is 5.20. The Morgan fingerprint density at radius 2 is 1.52 bits per heavy atom. The van der Waals surface area contributed by atoms with Crippen LogP contribution in [-0.4, -0.2) is 5.78 Å². The lowest BCUT2D eigenvalue weighted by molar-refractivity contribution is -0.116. The van der Waals surface area contributed by atoms with Crippen molar-refractivity contribution < 1.29 is 13.9 Å². The summed E-state index contributed by atoms with van der Waals surface area (Å²) < 4.78 is 17.7. The standard InChI is InChI=1S/C17H18O2.C6H6FN/c1-14(18)7-8-15-9-11-17(12-10-15)19-13-16-5-3-2-4-6-16;7-5-1-3-6(8)4-2-5/h2-6,9-12H,7-8,13H2,1H3;1-4H,8H2. The van der Waals surface area contributed by atoms with Gasteiger partial charge in [0, 0.05) is 12.1 Å². The maximum Gasteiger partial charge on any atom is 0.130 e. The van der Waals surface area contributed by atoms with Gasteiger partial charge in [-0.25, -0.2) is 4.39 Å². The average molecular weight is 365 g/mol. The van der Waals surface area contributed by atoms with Crippen LogP contribution in [0.1, 0.15) is 24.5 Å². The van der Waals surface area contributed by atoms with E-state index in [1.165, 1.54) is 29.8 Å². The van der Waals surface area contributed by atoms with Crippen LogP contribution in [0.3, 0.4) is 0 Å². The zero-order valence-corrected chi connectivity index (χ0v) is 15.4. The first-order valence-electron chi connectivity index (χ1n) is 8.79. The van der Waals surface area contributed by atoms with E-state index < -0.39 is 0 Å². The van der Waals surface area contributed by atoms with E-state index in [9.17, 15) is 9.18 Å². The van der Waals surface area contributed by atoms with Crippen LogP contribution in [0.2, 0.25) is 0 Å². The summed E-state index contributed by atoms with van der Waals surface area (Å²) in [7, 11) is 0. The second-order valence-electron chi connectivity index (χ2n) is 6.17. The van der Waals surface area contributed by atoms with Crippen LogP contribution in [0, 0.1) is 5.82 Å². The largest absolute Gasteiger partial charge is 0.489 e. The quantitative estimate of drug-likeness (QED) is 0.611. The van der Waals surface area contributed by atoms with Crippen molar-refractivity contribution in [2.45, 2.75) is 26.4 Å². The summed E-state index contributed by atoms with van der Waals surface area (Å²) in [6.07, 6.45) is 1.40. The van der Waals surface area contributed by atoms with Gasteiger partial charge in [-0.15, -0.1) is 0 Å². The van der Waals surface area contributed by atoms with E-state index in [0.717, 1.165) is 17.7 Å². The van der Waals surface area contributed by atoms with E-state index in [0.29, 0.717) is 18.7 Å². The number of hydrogen-bond acceptors (Lipinski definition) is 3. The van der Waals surface area contributed by atoms with Gasteiger partial charge in [0.25, 0.3) is 0 Å². The van der Waals surface area contributed by atoms with Crippen molar-refractivity contribution in [3.05, 3.63) is 95.8 Å². The summed E-state index contributed by atoms with van der Waals surface area (Å²) in [5.74, 6) is 0.832. The van der Waals surface area contributed by atoms with Gasteiger partial charge in [0.15, 0.2) is 0 Å². The van der Waals surface area contributed by atoms with Gasteiger partial charge in [-0.05, 0) is 60.9 Å². The number of benzene rings is 3. The highest BCUT2D eigenvalue weighted by Gasteiger charge is 1.99. The molecule has 0 saturated heterocycles. The third kappa shape index (κ3) is 8.19. The molecule has 0 aliphatic rings. The fraction of sp³-hybridized carbons (Fsp3) is 0.174. The number of anilines is 1. The highest BCUT2D eigenvalue weighted by atomic mass is 19.1. The Bertz CT molecular complexity index is 794. The Hall–Kier alpha value is -3.14. The fourth-order valence-corrected chi connectivity index (χ4v) is 2.28. The molecule has 0 heterocycles. The van der Waals surface area contributed by atoms with Crippen molar-refractivity contribution in [3.8, 4) is 5.75 Å². The number of nitrogen functional groups attached to an aromatic ring is 1. The monoisotopic (exact) mass is 365 g/mol. The Kier molecular flexibility index (Phi) is 8.04. The lowest BCUT2D eigenvalue weighted by Crippen LogP contribution is -1.96. The maximum atomic E-state index is 12.0. The zero-order valence-electron chi connectivity index (χ0n) is 15.4. The van der Waals surface area contributed by atoms with E-state index in [2.05, 4.69) is 0 Å². The smallest absolute Gasteiger partial charge is 0.130 e. The van der Waals surface area contributed by atoms with E-state index in [1.807, 2.05) is 54.6 Å². The molecule has 4 heteroatoms. The molecule has 3 rings (SSSR count). The number of Topliss-reactive ketones (excluding diaryl/α,β-unsaturated/α-hetero) is 1. The van der Waals surface area contributed by atoms with Crippen LogP contribution >= 0.6 is 0 Å². The molecule has 3 nitrogen and oxygen atoms in total. The summed E-state index contributed by atoms with van der Waals surface area (Å²) in [5, 5.41) is 0. The molecule has 0 amide bonds. The topological polar surface area (TPSA) is 52.3 Å². The van der Waals surface area contributed by atoms with E-state index in [-0.39, 0.29) is 11.6 Å². The van der Waals surface area contributed by atoms with Crippen molar-refractivity contribution in [3.63, 3.8) is 0 Å². The Morgan fingerprint density at radius 1 is 0.889 bits per heavy atom. The first-order chi connectivity index (χ1) is 13.0. The molecule has 0 spiro atoms. The maximum absolute atomic E-state index is 12.0. The molecule has 0 unspecified atom stereocenters. The van der Waals surface area contributed by atoms with Crippen LogP contribution in [0.25, 0.3) is 0 Å². The van der Waals surface area contributed by atoms with E-state index >= 15 is 0 Å². The van der Waals surface area contributed by atoms with Crippen LogP contribution in [0.4, 0.5) is 10.1 Å². The van der Waals surface area contributed by atoms with E-state index in [1.54, 1.807) is 6.92 Å². The molecule has 0 aromatic heterocycles. The van der Waals surface area contributed by atoms with Crippen molar-refractivity contribution in [2.24, 2.45) is 0 Å². The number of carbonyl (C=O) groups excluding carboxylic acids is 1. The molecular formula is C23H24FNO2. The molecule has 0 aliphatic carbocycles. The zero-order chi connectivity index (χ0) is 19.5. The van der Waals surface area contributed by atoms with Crippen molar-refractivity contribution in [1.29, 1.82) is 0 Å². The normalized spacial score (nSPS) is 9.85. The van der Waals surface area contributed by atoms with Gasteiger partial charge in [0.2, 0.25) is 0 Å². The predicted molar refractivity (Wildman–Crippen MR) is 107 cm³/mol. The number of aryl methyl sites for hydroxylation is 1. The van der Waals surface area contributed by atoms with Gasteiger partial charge in [-0.2, -0.15) is 0 Å². The fourth-order valence-electron chi connectivity index (χ4n) is 2.28. The van der Waals surface area contributed by atoms with Crippen molar-refractivity contribution in [2.75, 3.05) is 5.73 Å². The molecule has 2 N–H and O–H groups in total. The molecule has 0 saturated carbocycles. The van der Waals surface area contributed by atoms with Crippen LogP contribution in [0.15, 0.2) is 78.9 Å². The molecule has 0 fully saturated rings. The first-order valence-corrected chi connectivity index (χ1v) is 8.79. The van der Waals surface area contributed by atoms with Gasteiger partial charge in [-0.3, -0.25) is 0 Å². The number of nitrogens with two attached hydrogens (primary N) is 1. The first kappa shape index (κ1) is 20.2. The summed E-state index contributed by atoms with van der Waals surface area (Å²) >= 11 is 0. The minimum Gasteiger partial charge on any atom is -0.489 e. The van der Waals surface area contributed by atoms with Crippen LogP contribution in [-0.2, 0) is 17.8 Å². The number of ether oxygens (including phenoxy) is 1. The molecule has 140 valence electrons. The molecule has 0 atom stereocenters. The Balaban J connectivity index is 0.000000273. The molecule has 0 aliphatic heterocycles. The molecule has 0 radical (unpaired) electrons. The van der Waals surface area contributed by atoms with Gasteiger partial charge in [0.05, 0.1) is 0 Å². The number of rotatable bonds is 6. The lowest BCUT2D eigenvalue weighted by Gasteiger charge is -2.07. The minimum atomic E-state index is -0.251. The number of halogens is 1. The van der Waals surface area contributed by atoms with Crippen molar-refractivity contribution in [1.82, 2.24) is 0 Å². The van der Waals surface area contributed by atoms with Crippen molar-refractivity contribution >= 4 is 11.5 Å². The van der Waals surface area contributed by atoms with Crippen LogP contribution in [0.5, 0.6) is 5.75 Å². The van der Waals surface area contributed by atoms with Crippen LogP contribution < -0.4 is 10.5 Å². The Morgan fingerprint density at radius 3 is 2.07 bits per heavy atom. The lowest BCUT2D eigenvalue weighted by atomic mass is 10.1. The third-order valence-electron chi connectivity index (χ3n) is 3.81. The SMILES string of the molecule is CC(=O)CCc1ccc(OCc2ccccc2)cc1.Nc1ccc(F)cc1. The highest BCUT2D eigenvalue weighted by Crippen LogP contribution is 2.15. The Labute approximate surface area is 159 Å². The molecule has 3 aromatic carbocycles. The molecule has 3 aromatic rings. The van der Waals surface area contributed by atoms with Gasteiger partial charge in [0.1, 0.15) is 24.0 Å². The number of ketones is 1. The number of hydrogen-bond donors (Lipinski definition) is 1. The molecular weight excluding hydrogens is 341 g/mol. The highest BCUT2D eigenvalue weighted by molar-refractivity contribution is 5.75. The van der Waals surface area contributed by atoms with Gasteiger partial charge < -0.3 is 15.3 Å². The minimum absolute atomic E-state index is 0.226. The second kappa shape index (κ2) is 10.8. The van der Waals surface area contributed by atoms with Gasteiger partial charge in [-0.1, -0.05) is 42.5 Å². The summed E-state index contributed by atoms with van der Waals surface area (Å²) in [6, 6.07) is 23.7. The average Bonchev–Trinajstić information content (AvgIpc) is 2.69. The molecule has 27 heavy (non-hydrogen) atoms.